The molecule has 0 aromatic heterocycles. The van der Waals surface area contributed by atoms with E-state index in [2.05, 4.69) is 19.2 Å². The van der Waals surface area contributed by atoms with Crippen molar-refractivity contribution in [2.45, 2.75) is 38.3 Å². The maximum Gasteiger partial charge on any atom is 0.269 e. The number of aliphatic hydroxyl groups excluding tert-OH is 1. The zero-order chi connectivity index (χ0) is 18.4. The van der Waals surface area contributed by atoms with Crippen molar-refractivity contribution in [2.24, 2.45) is 0 Å². The van der Waals surface area contributed by atoms with Gasteiger partial charge in [0.25, 0.3) is 5.69 Å². The van der Waals surface area contributed by atoms with Crippen LogP contribution in [0.5, 0.6) is 5.75 Å². The van der Waals surface area contributed by atoms with Crippen LogP contribution in [0.25, 0.3) is 0 Å². The van der Waals surface area contributed by atoms with Crippen LogP contribution >= 0.6 is 17.0 Å². The summed E-state index contributed by atoms with van der Waals surface area (Å²) in [6.07, 6.45) is 0.958. The van der Waals surface area contributed by atoms with Gasteiger partial charge >= 0.3 is 0 Å². The summed E-state index contributed by atoms with van der Waals surface area (Å²) in [4.78, 5) is 10.3. The summed E-state index contributed by atoms with van der Waals surface area (Å²) in [5.41, 5.74) is 1.69. The number of β-amino-alcohol motifs (C(OH)–C–C–N with tert-alkyl or cyclic N) is 1. The molecule has 2 aromatic carbocycles. The Morgan fingerprint density at radius 2 is 1.69 bits per heavy atom. The number of halogens is 1. The number of benzene rings is 2. The van der Waals surface area contributed by atoms with Gasteiger partial charge in [-0.2, -0.15) is 0 Å². The fourth-order valence-electron chi connectivity index (χ4n) is 2.52. The number of phenolic OH excluding ortho intramolecular Hbond substituents is 1. The van der Waals surface area contributed by atoms with Crippen molar-refractivity contribution < 1.29 is 15.1 Å². The molecule has 142 valence electrons. The van der Waals surface area contributed by atoms with Gasteiger partial charge in [0.05, 0.1) is 11.0 Å². The molecule has 0 saturated carbocycles. The summed E-state index contributed by atoms with van der Waals surface area (Å²) in [5, 5.41) is 33.5. The van der Waals surface area contributed by atoms with E-state index < -0.39 is 11.0 Å². The summed E-state index contributed by atoms with van der Waals surface area (Å²) in [6.45, 7) is 4.52. The first-order chi connectivity index (χ1) is 11.8. The van der Waals surface area contributed by atoms with E-state index in [0.717, 1.165) is 24.0 Å². The highest BCUT2D eigenvalue weighted by Gasteiger charge is 2.19. The lowest BCUT2D eigenvalue weighted by atomic mass is 9.94. The van der Waals surface area contributed by atoms with E-state index in [9.17, 15) is 20.3 Å². The molecule has 0 spiro atoms. The maximum atomic E-state index is 10.7. The second-order valence-corrected chi connectivity index (χ2v) is 6.80. The number of aromatic hydroxyl groups is 1. The molecule has 2 rings (SSSR count). The van der Waals surface area contributed by atoms with Gasteiger partial charge in [-0.15, -0.1) is 17.0 Å². The molecule has 2 aromatic rings. The molecule has 3 N–H and O–H groups in total. The molecule has 7 heteroatoms. The molecule has 6 nitrogen and oxygen atoms in total. The SMILES string of the molecule is Br.CC(C)(CCc1ccc([N+](=O)[O-])cc1)NC[C@H](O)c1ccc(O)cc1. The number of hydrogen-bond acceptors (Lipinski definition) is 5. The highest BCUT2D eigenvalue weighted by molar-refractivity contribution is 8.93. The van der Waals surface area contributed by atoms with Crippen LogP contribution in [0.15, 0.2) is 48.5 Å². The number of phenols is 1. The molecule has 0 fully saturated rings. The minimum absolute atomic E-state index is 0. The van der Waals surface area contributed by atoms with Gasteiger partial charge in [-0.25, -0.2) is 0 Å². The first-order valence-corrected chi connectivity index (χ1v) is 8.22. The lowest BCUT2D eigenvalue weighted by molar-refractivity contribution is -0.384. The smallest absolute Gasteiger partial charge is 0.269 e. The Bertz CT molecular complexity index is 702. The number of nitrogens with zero attached hydrogens (tertiary/aromatic N) is 1. The van der Waals surface area contributed by atoms with Gasteiger partial charge in [0.2, 0.25) is 0 Å². The summed E-state index contributed by atoms with van der Waals surface area (Å²) < 4.78 is 0. The van der Waals surface area contributed by atoms with Crippen LogP contribution in [0.3, 0.4) is 0 Å². The van der Waals surface area contributed by atoms with Gasteiger partial charge in [0.15, 0.2) is 0 Å². The molecule has 0 unspecified atom stereocenters. The van der Waals surface area contributed by atoms with E-state index in [4.69, 9.17) is 0 Å². The lowest BCUT2D eigenvalue weighted by Gasteiger charge is -2.28. The summed E-state index contributed by atoms with van der Waals surface area (Å²) in [5.74, 6) is 0.173. The van der Waals surface area contributed by atoms with Crippen LogP contribution in [0.1, 0.15) is 37.5 Å². The van der Waals surface area contributed by atoms with E-state index in [1.165, 1.54) is 12.1 Å². The van der Waals surface area contributed by atoms with Crippen molar-refractivity contribution in [3.63, 3.8) is 0 Å². The standard InChI is InChI=1S/C19H24N2O4.BrH/c1-19(2,12-11-14-3-7-16(8-4-14)21(24)25)20-13-18(23)15-5-9-17(22)10-6-15;/h3-10,18,20,22-23H,11-13H2,1-2H3;1H/t18-;/m0./s1. The quantitative estimate of drug-likeness (QED) is 0.440. The van der Waals surface area contributed by atoms with Crippen molar-refractivity contribution in [2.75, 3.05) is 6.54 Å². The molecule has 0 aliphatic rings. The average Bonchev–Trinajstić information content (AvgIpc) is 2.59. The molecule has 1 atom stereocenters. The zero-order valence-electron chi connectivity index (χ0n) is 14.9. The van der Waals surface area contributed by atoms with Crippen LogP contribution < -0.4 is 5.32 Å². The predicted octanol–water partition coefficient (Wildman–Crippen LogP) is 3.91. The third kappa shape index (κ3) is 6.74. The third-order valence-electron chi connectivity index (χ3n) is 4.24. The number of aryl methyl sites for hydroxylation is 1. The first kappa shape index (κ1) is 22.1. The van der Waals surface area contributed by atoms with Crippen LogP contribution in [-0.4, -0.2) is 27.2 Å². The summed E-state index contributed by atoms with van der Waals surface area (Å²) >= 11 is 0. The van der Waals surface area contributed by atoms with E-state index in [1.54, 1.807) is 36.4 Å². The Morgan fingerprint density at radius 3 is 2.23 bits per heavy atom. The molecular weight excluding hydrogens is 400 g/mol. The zero-order valence-corrected chi connectivity index (χ0v) is 16.6. The van der Waals surface area contributed by atoms with Crippen LogP contribution in [0.2, 0.25) is 0 Å². The molecule has 0 aliphatic heterocycles. The number of nitro groups is 1. The number of hydrogen-bond donors (Lipinski definition) is 3. The highest BCUT2D eigenvalue weighted by atomic mass is 79.9. The lowest BCUT2D eigenvalue weighted by Crippen LogP contribution is -2.41. The van der Waals surface area contributed by atoms with Crippen molar-refractivity contribution in [3.8, 4) is 5.75 Å². The van der Waals surface area contributed by atoms with E-state index in [0.29, 0.717) is 6.54 Å². The average molecular weight is 425 g/mol. The maximum absolute atomic E-state index is 10.7. The molecule has 0 radical (unpaired) electrons. The monoisotopic (exact) mass is 424 g/mol. The van der Waals surface area contributed by atoms with Crippen molar-refractivity contribution >= 4 is 22.7 Å². The number of nitro benzene ring substituents is 1. The van der Waals surface area contributed by atoms with Crippen LogP contribution in [0.4, 0.5) is 5.69 Å². The molecule has 0 heterocycles. The minimum Gasteiger partial charge on any atom is -0.508 e. The molecule has 0 amide bonds. The van der Waals surface area contributed by atoms with Gasteiger partial charge in [-0.05, 0) is 49.9 Å². The van der Waals surface area contributed by atoms with E-state index >= 15 is 0 Å². The van der Waals surface area contributed by atoms with Crippen molar-refractivity contribution in [1.29, 1.82) is 0 Å². The van der Waals surface area contributed by atoms with E-state index in [1.807, 2.05) is 0 Å². The van der Waals surface area contributed by atoms with Crippen molar-refractivity contribution in [1.82, 2.24) is 5.32 Å². The fourth-order valence-corrected chi connectivity index (χ4v) is 2.52. The van der Waals surface area contributed by atoms with Gasteiger partial charge in [0.1, 0.15) is 5.75 Å². The van der Waals surface area contributed by atoms with Crippen molar-refractivity contribution in [3.05, 3.63) is 69.8 Å². The van der Waals surface area contributed by atoms with Gasteiger partial charge in [-0.3, -0.25) is 10.1 Å². The largest absolute Gasteiger partial charge is 0.508 e. The van der Waals surface area contributed by atoms with Gasteiger partial charge in [0, 0.05) is 24.2 Å². The van der Waals surface area contributed by atoms with Gasteiger partial charge < -0.3 is 15.5 Å². The Labute approximate surface area is 163 Å². The Hall–Kier alpha value is -1.96. The first-order valence-electron chi connectivity index (χ1n) is 8.22. The molecule has 0 bridgehead atoms. The molecular formula is C19H25BrN2O4. The van der Waals surface area contributed by atoms with Crippen LogP contribution in [-0.2, 0) is 6.42 Å². The summed E-state index contributed by atoms with van der Waals surface area (Å²) in [6, 6.07) is 13.1. The summed E-state index contributed by atoms with van der Waals surface area (Å²) in [7, 11) is 0. The number of rotatable bonds is 8. The second kappa shape index (κ2) is 9.66. The fraction of sp³-hybridized carbons (Fsp3) is 0.368. The van der Waals surface area contributed by atoms with Crippen LogP contribution in [0, 0.1) is 10.1 Å². The highest BCUT2D eigenvalue weighted by Crippen LogP contribution is 2.20. The number of aliphatic hydroxyl groups is 1. The molecule has 0 saturated heterocycles. The minimum atomic E-state index is -0.653. The van der Waals surface area contributed by atoms with Gasteiger partial charge in [-0.1, -0.05) is 24.3 Å². The van der Waals surface area contributed by atoms with E-state index in [-0.39, 0.29) is 34.0 Å². The third-order valence-corrected chi connectivity index (χ3v) is 4.24. The Morgan fingerprint density at radius 1 is 1.12 bits per heavy atom. The molecule has 0 aliphatic carbocycles. The Balaban J connectivity index is 0.00000338. The second-order valence-electron chi connectivity index (χ2n) is 6.80. The number of nitrogens with one attached hydrogen (secondary N) is 1. The number of non-ortho nitro benzene ring substituents is 1. The normalized spacial score (nSPS) is 12.3. The molecule has 26 heavy (non-hydrogen) atoms. The predicted molar refractivity (Wildman–Crippen MR) is 107 cm³/mol. The Kier molecular flexibility index (Phi) is 8.20. The topological polar surface area (TPSA) is 95.6 Å².